The van der Waals surface area contributed by atoms with Crippen LogP contribution in [0.1, 0.15) is 51.9 Å². The number of para-hydroxylation sites is 1. The van der Waals surface area contributed by atoms with E-state index in [2.05, 4.69) is 22.9 Å². The average molecular weight is 382 g/mol. The predicted octanol–water partition coefficient (Wildman–Crippen LogP) is 6.71. The van der Waals surface area contributed by atoms with Gasteiger partial charge in [0.25, 0.3) is 0 Å². The van der Waals surface area contributed by atoms with Gasteiger partial charge in [-0.2, -0.15) is 0 Å². The molecule has 4 heteroatoms. The highest BCUT2D eigenvalue weighted by Gasteiger charge is 2.33. The molecule has 20 heavy (non-hydrogen) atoms. The molecule has 0 bridgehead atoms. The average Bonchev–Trinajstić information content (AvgIpc) is 2.41. The van der Waals surface area contributed by atoms with Crippen molar-refractivity contribution in [1.29, 1.82) is 0 Å². The minimum Gasteiger partial charge on any atom is -0.486 e. The van der Waals surface area contributed by atoms with Crippen LogP contribution in [0.4, 0.5) is 0 Å². The molecule has 0 aromatic heterocycles. The number of ether oxygens (including phenoxy) is 1. The Labute approximate surface area is 141 Å². The van der Waals surface area contributed by atoms with Gasteiger partial charge >= 0.3 is 0 Å². The molecule has 0 amide bonds. The fourth-order valence-electron chi connectivity index (χ4n) is 2.06. The number of benzene rings is 1. The van der Waals surface area contributed by atoms with E-state index in [1.807, 2.05) is 30.3 Å². The maximum absolute atomic E-state index is 6.17. The lowest BCUT2D eigenvalue weighted by atomic mass is 10.1. The molecule has 1 rings (SSSR count). The molecule has 0 fully saturated rings. The Kier molecular flexibility index (Phi) is 8.99. The standard InChI is InChI=1S/C16H23BrCl2O/c1-2-3-4-5-6-10-13-15(16(17,18)19)20-14-11-8-7-9-12-14/h7-9,11-12,15H,2-6,10,13H2,1H3. The summed E-state index contributed by atoms with van der Waals surface area (Å²) in [5.74, 6) is 0.800. The zero-order valence-electron chi connectivity index (χ0n) is 12.0. The molecule has 1 aromatic rings. The molecule has 1 aromatic carbocycles. The Morgan fingerprint density at radius 1 is 1.05 bits per heavy atom. The summed E-state index contributed by atoms with van der Waals surface area (Å²) >= 11 is 15.6. The first-order chi connectivity index (χ1) is 9.54. The number of hydrogen-bond acceptors (Lipinski definition) is 1. The topological polar surface area (TPSA) is 9.23 Å². The van der Waals surface area contributed by atoms with Gasteiger partial charge < -0.3 is 4.74 Å². The van der Waals surface area contributed by atoms with E-state index in [1.165, 1.54) is 32.1 Å². The first-order valence-corrected chi connectivity index (χ1v) is 8.87. The summed E-state index contributed by atoms with van der Waals surface area (Å²) < 4.78 is 4.85. The minimum absolute atomic E-state index is 0.251. The Bertz CT molecular complexity index is 351. The predicted molar refractivity (Wildman–Crippen MR) is 92.2 cm³/mol. The molecule has 0 aliphatic rings. The van der Waals surface area contributed by atoms with Crippen LogP contribution < -0.4 is 4.74 Å². The Hall–Kier alpha value is 0.0800. The Balaban J connectivity index is 2.38. The number of hydrogen-bond donors (Lipinski definition) is 0. The van der Waals surface area contributed by atoms with Crippen LogP contribution in [0.2, 0.25) is 0 Å². The highest BCUT2D eigenvalue weighted by Crippen LogP contribution is 2.37. The van der Waals surface area contributed by atoms with Crippen molar-refractivity contribution in [2.24, 2.45) is 0 Å². The second-order valence-corrected chi connectivity index (χ2v) is 8.57. The number of halogens is 3. The van der Waals surface area contributed by atoms with Gasteiger partial charge in [0.2, 0.25) is 3.24 Å². The maximum Gasteiger partial charge on any atom is 0.208 e. The second-order valence-electron chi connectivity index (χ2n) is 5.02. The van der Waals surface area contributed by atoms with Gasteiger partial charge in [-0.25, -0.2) is 0 Å². The van der Waals surface area contributed by atoms with E-state index in [0.717, 1.165) is 18.6 Å². The molecule has 0 aliphatic carbocycles. The van der Waals surface area contributed by atoms with Gasteiger partial charge in [-0.1, -0.05) is 80.4 Å². The van der Waals surface area contributed by atoms with E-state index in [9.17, 15) is 0 Å². The molecule has 0 saturated heterocycles. The van der Waals surface area contributed by atoms with Crippen LogP contribution >= 0.6 is 39.1 Å². The molecule has 0 radical (unpaired) electrons. The van der Waals surface area contributed by atoms with E-state index in [1.54, 1.807) is 0 Å². The van der Waals surface area contributed by atoms with Crippen LogP contribution in [0, 0.1) is 0 Å². The third-order valence-corrected chi connectivity index (χ3v) is 4.20. The highest BCUT2D eigenvalue weighted by molar-refractivity contribution is 9.11. The van der Waals surface area contributed by atoms with Crippen LogP contribution in [0.5, 0.6) is 5.75 Å². The minimum atomic E-state index is -1.05. The van der Waals surface area contributed by atoms with Gasteiger partial charge in [-0.05, 0) is 40.9 Å². The zero-order valence-corrected chi connectivity index (χ0v) is 15.1. The van der Waals surface area contributed by atoms with Crippen molar-refractivity contribution in [3.05, 3.63) is 30.3 Å². The number of unbranched alkanes of at least 4 members (excludes halogenated alkanes) is 5. The van der Waals surface area contributed by atoms with E-state index in [0.29, 0.717) is 0 Å². The SMILES string of the molecule is CCCCCCCCC(Oc1ccccc1)C(Cl)(Cl)Br. The van der Waals surface area contributed by atoms with Crippen molar-refractivity contribution in [1.82, 2.24) is 0 Å². The smallest absolute Gasteiger partial charge is 0.208 e. The summed E-state index contributed by atoms with van der Waals surface area (Å²) in [5.41, 5.74) is 0. The first-order valence-electron chi connectivity index (χ1n) is 7.32. The summed E-state index contributed by atoms with van der Waals surface area (Å²) in [6.07, 6.45) is 8.04. The molecule has 1 unspecified atom stereocenters. The molecule has 1 nitrogen and oxygen atoms in total. The van der Waals surface area contributed by atoms with Crippen LogP contribution in [0.3, 0.4) is 0 Å². The van der Waals surface area contributed by atoms with Crippen LogP contribution in [0.25, 0.3) is 0 Å². The summed E-state index contributed by atoms with van der Waals surface area (Å²) in [7, 11) is 0. The summed E-state index contributed by atoms with van der Waals surface area (Å²) in [5, 5.41) is 0. The van der Waals surface area contributed by atoms with Crippen molar-refractivity contribution in [2.75, 3.05) is 0 Å². The lowest BCUT2D eigenvalue weighted by Gasteiger charge is -2.26. The quantitative estimate of drug-likeness (QED) is 0.323. The van der Waals surface area contributed by atoms with Crippen molar-refractivity contribution in [3.8, 4) is 5.75 Å². The third-order valence-electron chi connectivity index (χ3n) is 3.21. The van der Waals surface area contributed by atoms with Gasteiger partial charge in [-0.3, -0.25) is 0 Å². The second kappa shape index (κ2) is 9.92. The van der Waals surface area contributed by atoms with Crippen molar-refractivity contribution < 1.29 is 4.74 Å². The van der Waals surface area contributed by atoms with Crippen LogP contribution in [-0.2, 0) is 0 Å². The van der Waals surface area contributed by atoms with E-state index < -0.39 is 3.24 Å². The molecular weight excluding hydrogens is 359 g/mol. The summed E-state index contributed by atoms with van der Waals surface area (Å²) in [4.78, 5) is 0. The Morgan fingerprint density at radius 2 is 1.65 bits per heavy atom. The zero-order chi connectivity index (χ0) is 14.8. The largest absolute Gasteiger partial charge is 0.486 e. The van der Waals surface area contributed by atoms with Crippen molar-refractivity contribution in [3.63, 3.8) is 0 Å². The fourth-order valence-corrected chi connectivity index (χ4v) is 2.69. The van der Waals surface area contributed by atoms with Crippen molar-refractivity contribution in [2.45, 2.75) is 61.2 Å². The van der Waals surface area contributed by atoms with Gasteiger partial charge in [-0.15, -0.1) is 0 Å². The van der Waals surface area contributed by atoms with Gasteiger partial charge in [0.1, 0.15) is 11.9 Å². The monoisotopic (exact) mass is 380 g/mol. The molecule has 114 valence electrons. The van der Waals surface area contributed by atoms with Crippen LogP contribution in [0.15, 0.2) is 30.3 Å². The summed E-state index contributed by atoms with van der Waals surface area (Å²) in [6, 6.07) is 9.67. The number of rotatable bonds is 10. The summed E-state index contributed by atoms with van der Waals surface area (Å²) in [6.45, 7) is 2.23. The van der Waals surface area contributed by atoms with Crippen LogP contribution in [-0.4, -0.2) is 9.35 Å². The third kappa shape index (κ3) is 7.75. The number of alkyl halides is 3. The maximum atomic E-state index is 6.17. The molecule has 0 saturated carbocycles. The lowest BCUT2D eigenvalue weighted by molar-refractivity contribution is 0.194. The normalized spacial score (nSPS) is 13.2. The molecular formula is C16H23BrCl2O. The first kappa shape index (κ1) is 18.1. The highest BCUT2D eigenvalue weighted by atomic mass is 79.9. The Morgan fingerprint density at radius 3 is 2.25 bits per heavy atom. The van der Waals surface area contributed by atoms with E-state index in [4.69, 9.17) is 27.9 Å². The van der Waals surface area contributed by atoms with E-state index >= 15 is 0 Å². The van der Waals surface area contributed by atoms with Gasteiger partial charge in [0.05, 0.1) is 0 Å². The van der Waals surface area contributed by atoms with Gasteiger partial charge in [0, 0.05) is 0 Å². The molecule has 0 aliphatic heterocycles. The molecule has 1 atom stereocenters. The fraction of sp³-hybridized carbons (Fsp3) is 0.625. The molecule has 0 N–H and O–H groups in total. The van der Waals surface area contributed by atoms with E-state index in [-0.39, 0.29) is 6.10 Å². The van der Waals surface area contributed by atoms with Crippen molar-refractivity contribution >= 4 is 39.1 Å². The molecule has 0 heterocycles. The lowest BCUT2D eigenvalue weighted by Crippen LogP contribution is -2.31. The molecule has 0 spiro atoms. The van der Waals surface area contributed by atoms with Gasteiger partial charge in [0.15, 0.2) is 0 Å².